The van der Waals surface area contributed by atoms with Gasteiger partial charge >= 0.3 is 6.09 Å². The molecule has 0 radical (unpaired) electrons. The van der Waals surface area contributed by atoms with Gasteiger partial charge in [0.05, 0.1) is 31.9 Å². The van der Waals surface area contributed by atoms with E-state index in [2.05, 4.69) is 36.9 Å². The molecule has 59 heavy (non-hydrogen) atoms. The molecule has 1 heterocycles. The van der Waals surface area contributed by atoms with Crippen molar-refractivity contribution in [2.75, 3.05) is 40.3 Å². The van der Waals surface area contributed by atoms with Crippen molar-refractivity contribution in [2.24, 2.45) is 22.9 Å². The van der Waals surface area contributed by atoms with Crippen molar-refractivity contribution < 1.29 is 38.8 Å². The number of hydrogen-bond donors (Lipinski definition) is 2. The van der Waals surface area contributed by atoms with E-state index in [1.165, 1.54) is 7.11 Å². The number of aliphatic hydroxyl groups excluding tert-OH is 2. The van der Waals surface area contributed by atoms with E-state index in [1.807, 2.05) is 66.9 Å². The topological polar surface area (TPSA) is 119 Å². The molecule has 6 unspecified atom stereocenters. The number of methoxy groups -OCH3 is 1. The Morgan fingerprint density at radius 3 is 2.44 bits per heavy atom. The molecule has 1 amide bonds. The fourth-order valence-electron chi connectivity index (χ4n) is 9.64. The molecule has 1 fully saturated rings. The summed E-state index contributed by atoms with van der Waals surface area (Å²) in [5.41, 5.74) is 3.61. The van der Waals surface area contributed by atoms with Crippen LogP contribution in [0.5, 0.6) is 17.2 Å². The number of unbranched alkanes of at least 4 members (excludes halogenated alkanes) is 2. The Bertz CT molecular complexity index is 2130. The molecule has 4 aromatic rings. The summed E-state index contributed by atoms with van der Waals surface area (Å²) in [4.78, 5) is 22.8. The molecular formula is C48H56N2O8S. The van der Waals surface area contributed by atoms with Gasteiger partial charge in [-0.15, -0.1) is 18.3 Å². The van der Waals surface area contributed by atoms with Gasteiger partial charge in [0.2, 0.25) is 5.79 Å². The van der Waals surface area contributed by atoms with E-state index in [0.717, 1.165) is 63.8 Å². The van der Waals surface area contributed by atoms with Crippen molar-refractivity contribution in [3.05, 3.63) is 120 Å². The third-order valence-electron chi connectivity index (χ3n) is 12.1. The van der Waals surface area contributed by atoms with Gasteiger partial charge < -0.3 is 34.0 Å². The van der Waals surface area contributed by atoms with Gasteiger partial charge in [0.15, 0.2) is 0 Å². The van der Waals surface area contributed by atoms with Crippen molar-refractivity contribution in [3.63, 3.8) is 0 Å². The summed E-state index contributed by atoms with van der Waals surface area (Å²) < 4.78 is 26.5. The second-order valence-corrected chi connectivity index (χ2v) is 16.3. The second-order valence-electron chi connectivity index (χ2n) is 15.5. The number of fused-ring (bicyclic) bond motifs is 3. The number of allylic oxidation sites excluding steroid dienone is 1. The van der Waals surface area contributed by atoms with E-state index in [0.29, 0.717) is 30.1 Å². The van der Waals surface area contributed by atoms with E-state index < -0.39 is 23.8 Å². The Hall–Kier alpha value is -4.81. The van der Waals surface area contributed by atoms with Crippen molar-refractivity contribution in [1.29, 1.82) is 0 Å². The lowest BCUT2D eigenvalue weighted by Gasteiger charge is -2.59. The Labute approximate surface area is 351 Å². The molecule has 2 aliphatic carbocycles. The number of benzene rings is 4. The molecule has 0 spiro atoms. The van der Waals surface area contributed by atoms with Crippen LogP contribution in [-0.2, 0) is 20.9 Å². The maximum atomic E-state index is 14.3. The summed E-state index contributed by atoms with van der Waals surface area (Å²) >= 11 is 1.68. The Kier molecular flexibility index (Phi) is 14.0. The van der Waals surface area contributed by atoms with Crippen LogP contribution < -0.4 is 9.47 Å². The molecule has 0 aromatic heterocycles. The normalized spacial score (nSPS) is 23.7. The summed E-state index contributed by atoms with van der Waals surface area (Å²) in [6.07, 6.45) is 10.5. The van der Waals surface area contributed by atoms with Crippen LogP contribution in [0.25, 0.3) is 10.8 Å². The minimum atomic E-state index is -1.41. The van der Waals surface area contributed by atoms with Crippen LogP contribution in [0.3, 0.4) is 0 Å². The smallest absolute Gasteiger partial charge is 0.410 e. The summed E-state index contributed by atoms with van der Waals surface area (Å²) in [5, 5.41) is 26.6. The minimum Gasteiger partial charge on any atom is -0.459 e. The van der Waals surface area contributed by atoms with Gasteiger partial charge in [-0.05, 0) is 108 Å². The third-order valence-corrected chi connectivity index (χ3v) is 12.9. The first-order valence-electron chi connectivity index (χ1n) is 20.6. The number of aliphatic hydroxyl groups is 2. The highest BCUT2D eigenvalue weighted by Gasteiger charge is 2.65. The monoisotopic (exact) mass is 820 g/mol. The zero-order valence-electron chi connectivity index (χ0n) is 34.3. The van der Waals surface area contributed by atoms with Crippen molar-refractivity contribution in [2.45, 2.75) is 74.1 Å². The Morgan fingerprint density at radius 1 is 0.966 bits per heavy atom. The van der Waals surface area contributed by atoms with Gasteiger partial charge in [0.25, 0.3) is 0 Å². The highest BCUT2D eigenvalue weighted by atomic mass is 32.2. The summed E-state index contributed by atoms with van der Waals surface area (Å²) in [7, 11) is 2.95. The summed E-state index contributed by atoms with van der Waals surface area (Å²) in [5.74, 6) is 0.178. The Morgan fingerprint density at radius 2 is 1.71 bits per heavy atom. The lowest BCUT2D eigenvalue weighted by Crippen LogP contribution is -2.70. The van der Waals surface area contributed by atoms with Crippen LogP contribution in [0.1, 0.15) is 62.0 Å². The van der Waals surface area contributed by atoms with Crippen molar-refractivity contribution in [3.8, 4) is 17.2 Å². The highest BCUT2D eigenvalue weighted by molar-refractivity contribution is 7.98. The van der Waals surface area contributed by atoms with Gasteiger partial charge in [-0.1, -0.05) is 72.6 Å². The van der Waals surface area contributed by atoms with E-state index in [-0.39, 0.29) is 50.5 Å². The SMILES string of the molecule is C=CCOC12Oc3ccc(Oc4ccc(SC)cc4)cc3C3C(CCCCO)C(CCCCO)C=C(C(=NOC)CC1N(Cc1cccc4ccccc14)C(=O)OC)C32. The predicted molar refractivity (Wildman–Crippen MR) is 232 cm³/mol. The third kappa shape index (κ3) is 8.75. The molecule has 0 saturated heterocycles. The van der Waals surface area contributed by atoms with Crippen LogP contribution in [0.2, 0.25) is 0 Å². The van der Waals surface area contributed by atoms with E-state index in [4.69, 9.17) is 28.9 Å². The number of thioether (sulfide) groups is 1. The van der Waals surface area contributed by atoms with Crippen LogP contribution >= 0.6 is 11.8 Å². The van der Waals surface area contributed by atoms with E-state index in [1.54, 1.807) is 29.8 Å². The quantitative estimate of drug-likeness (QED) is 0.0438. The molecule has 7 rings (SSSR count). The number of rotatable bonds is 18. The number of carbonyl (C=O) groups excluding carboxylic acids is 1. The van der Waals surface area contributed by atoms with Crippen LogP contribution in [0.15, 0.2) is 119 Å². The lowest BCUT2D eigenvalue weighted by atomic mass is 9.55. The fraction of sp³-hybridized carbons (Fsp3) is 0.417. The van der Waals surface area contributed by atoms with Crippen molar-refractivity contribution >= 4 is 34.3 Å². The zero-order valence-corrected chi connectivity index (χ0v) is 35.1. The molecule has 11 heteroatoms. The molecule has 6 atom stereocenters. The summed E-state index contributed by atoms with van der Waals surface area (Å²) in [6.45, 7) is 4.64. The maximum Gasteiger partial charge on any atom is 0.410 e. The molecule has 0 bridgehead atoms. The maximum absolute atomic E-state index is 14.3. The van der Waals surface area contributed by atoms with Gasteiger partial charge in [0.1, 0.15) is 30.4 Å². The Balaban J connectivity index is 1.44. The lowest BCUT2D eigenvalue weighted by molar-refractivity contribution is -0.256. The minimum absolute atomic E-state index is 0.0756. The first kappa shape index (κ1) is 42.3. The van der Waals surface area contributed by atoms with Gasteiger partial charge in [-0.3, -0.25) is 4.90 Å². The second kappa shape index (κ2) is 19.5. The van der Waals surface area contributed by atoms with Crippen LogP contribution in [-0.4, -0.2) is 79.0 Å². The number of hydrogen-bond acceptors (Lipinski definition) is 10. The fourth-order valence-corrected chi connectivity index (χ4v) is 10.0. The number of amides is 1. The molecular weight excluding hydrogens is 765 g/mol. The molecule has 1 saturated carbocycles. The number of oxime groups is 1. The molecule has 10 nitrogen and oxygen atoms in total. The highest BCUT2D eigenvalue weighted by Crippen LogP contribution is 2.62. The van der Waals surface area contributed by atoms with Crippen molar-refractivity contribution in [1.82, 2.24) is 4.90 Å². The number of carbonyl (C=O) groups is 1. The van der Waals surface area contributed by atoms with E-state index >= 15 is 0 Å². The van der Waals surface area contributed by atoms with Crippen LogP contribution in [0, 0.1) is 17.8 Å². The summed E-state index contributed by atoms with van der Waals surface area (Å²) in [6, 6.07) is 27.5. The number of ether oxygens (including phenoxy) is 4. The van der Waals surface area contributed by atoms with Gasteiger partial charge in [0, 0.05) is 36.0 Å². The predicted octanol–water partition coefficient (Wildman–Crippen LogP) is 9.89. The molecule has 3 aliphatic rings. The molecule has 4 aromatic carbocycles. The molecule has 1 aliphatic heterocycles. The standard InChI is InChI=1S/C48H56N2O8S/c1-5-27-56-48-44(50(47(53)54-2)31-34-16-12-15-32-13-6-7-17-38(32)34)30-42(49-55-3)40-28-33(14-8-10-25-51)39(18-9-11-26-52)45(46(40)48)41-29-36(21-24-43(41)58-48)57-35-19-22-37(59-4)23-20-35/h5-7,12-13,15-17,19-24,28-29,33,39,44-46,51-52H,1,8-11,14,18,25-27,30-31H2,2-4H3. The average molecular weight is 821 g/mol. The average Bonchev–Trinajstić information content (AvgIpc) is 3.26. The first-order chi connectivity index (χ1) is 28.9. The van der Waals surface area contributed by atoms with Gasteiger partial charge in [-0.2, -0.15) is 0 Å². The van der Waals surface area contributed by atoms with E-state index in [9.17, 15) is 15.0 Å². The van der Waals surface area contributed by atoms with Gasteiger partial charge in [-0.25, -0.2) is 4.79 Å². The molecule has 312 valence electrons. The zero-order chi connectivity index (χ0) is 41.4. The molecule has 2 N–H and O–H groups in total. The van der Waals surface area contributed by atoms with Crippen LogP contribution in [0.4, 0.5) is 4.79 Å². The number of nitrogens with zero attached hydrogens (tertiary/aromatic N) is 2. The first-order valence-corrected chi connectivity index (χ1v) is 21.9. The largest absolute Gasteiger partial charge is 0.459 e.